The number of fused-ring (bicyclic) bond motifs is 2. The van der Waals surface area contributed by atoms with Gasteiger partial charge in [0.2, 0.25) is 11.8 Å². The molecule has 3 aromatic rings. The quantitative estimate of drug-likeness (QED) is 0.443. The molecule has 220 valence electrons. The van der Waals surface area contributed by atoms with Gasteiger partial charge in [0, 0.05) is 32.6 Å². The summed E-state index contributed by atoms with van der Waals surface area (Å²) in [6.07, 6.45) is 6.13. The lowest BCUT2D eigenvalue weighted by Gasteiger charge is -2.43. The van der Waals surface area contributed by atoms with Gasteiger partial charge in [0.05, 0.1) is 12.5 Å². The van der Waals surface area contributed by atoms with Crippen LogP contribution in [0.25, 0.3) is 10.8 Å². The summed E-state index contributed by atoms with van der Waals surface area (Å²) in [6, 6.07) is 21.0. The molecule has 2 saturated heterocycles. The summed E-state index contributed by atoms with van der Waals surface area (Å²) in [7, 11) is 0. The third-order valence-electron chi connectivity index (χ3n) is 9.26. The Bertz CT molecular complexity index is 1430. The zero-order valence-electron chi connectivity index (χ0n) is 24.1. The minimum absolute atomic E-state index is 0.0214. The summed E-state index contributed by atoms with van der Waals surface area (Å²) in [4.78, 5) is 46.6. The minimum Gasteiger partial charge on any atom is -0.508 e. The topological polar surface area (TPSA) is 93.2 Å². The summed E-state index contributed by atoms with van der Waals surface area (Å²) in [5, 5.41) is 15.1. The highest BCUT2D eigenvalue weighted by Crippen LogP contribution is 2.29. The van der Waals surface area contributed by atoms with E-state index in [0.29, 0.717) is 32.0 Å². The largest absolute Gasteiger partial charge is 0.508 e. The number of nitrogens with one attached hydrogen (secondary N) is 1. The average Bonchev–Trinajstić information content (AvgIpc) is 3.15. The molecule has 2 unspecified atom stereocenters. The molecule has 2 aliphatic heterocycles. The van der Waals surface area contributed by atoms with Crippen LogP contribution >= 0.6 is 0 Å². The second-order valence-electron chi connectivity index (χ2n) is 12.1. The normalized spacial score (nSPS) is 21.8. The number of hydrogen-bond donors (Lipinski definition) is 2. The van der Waals surface area contributed by atoms with Gasteiger partial charge in [-0.15, -0.1) is 0 Å². The van der Waals surface area contributed by atoms with Gasteiger partial charge in [-0.2, -0.15) is 0 Å². The van der Waals surface area contributed by atoms with Gasteiger partial charge in [-0.3, -0.25) is 9.59 Å². The number of rotatable bonds is 6. The first-order valence-electron chi connectivity index (χ1n) is 15.3. The lowest BCUT2D eigenvalue weighted by molar-refractivity contribution is -0.142. The van der Waals surface area contributed by atoms with E-state index in [2.05, 4.69) is 23.5 Å². The van der Waals surface area contributed by atoms with Crippen molar-refractivity contribution >= 4 is 28.6 Å². The Balaban J connectivity index is 1.29. The predicted molar refractivity (Wildman–Crippen MR) is 161 cm³/mol. The van der Waals surface area contributed by atoms with E-state index >= 15 is 0 Å². The van der Waals surface area contributed by atoms with E-state index in [1.807, 2.05) is 41.3 Å². The Hall–Kier alpha value is -4.07. The zero-order chi connectivity index (χ0) is 29.1. The van der Waals surface area contributed by atoms with E-state index in [1.54, 1.807) is 21.9 Å². The van der Waals surface area contributed by atoms with Crippen LogP contribution < -0.4 is 5.32 Å². The second kappa shape index (κ2) is 12.4. The lowest BCUT2D eigenvalue weighted by atomic mass is 9.89. The molecule has 2 N–H and O–H groups in total. The third kappa shape index (κ3) is 6.08. The first-order valence-corrected chi connectivity index (χ1v) is 15.3. The zero-order valence-corrected chi connectivity index (χ0v) is 24.1. The first-order chi connectivity index (χ1) is 20.5. The van der Waals surface area contributed by atoms with Crippen LogP contribution in [0.3, 0.4) is 0 Å². The summed E-state index contributed by atoms with van der Waals surface area (Å²) in [5.74, 6) is 0.152. The fourth-order valence-electron chi connectivity index (χ4n) is 6.93. The molecule has 1 aliphatic carbocycles. The number of nitrogens with zero attached hydrogens (tertiary/aromatic N) is 3. The lowest BCUT2D eigenvalue weighted by Crippen LogP contribution is -2.62. The highest BCUT2D eigenvalue weighted by molar-refractivity contribution is 5.87. The summed E-state index contributed by atoms with van der Waals surface area (Å²) in [6.45, 7) is 1.90. The molecular formula is C34H40N4O4. The fraction of sp³-hybridized carbons (Fsp3) is 0.441. The van der Waals surface area contributed by atoms with Crippen molar-refractivity contribution in [2.75, 3.05) is 26.2 Å². The van der Waals surface area contributed by atoms with Crippen LogP contribution in [-0.4, -0.2) is 70.0 Å². The summed E-state index contributed by atoms with van der Waals surface area (Å²) in [5.41, 5.74) is 1.95. The standard InChI is InChI=1S/C34H40N4O4/c39-29-15-13-24(14-16-29)19-28-22-38-31(37(18-17-32(38)40)34(42)35-20-25-7-2-1-3-8-25)23-36(33(28)41)21-27-11-6-10-26-9-4-5-12-30(26)27/h4-6,9-16,25,28,31,39H,1-3,7-8,17-23H2,(H,35,42). The Morgan fingerprint density at radius 2 is 1.67 bits per heavy atom. The van der Waals surface area contributed by atoms with E-state index in [1.165, 1.54) is 19.3 Å². The van der Waals surface area contributed by atoms with E-state index < -0.39 is 12.1 Å². The first kappa shape index (κ1) is 28.1. The SMILES string of the molecule is O=C1C(Cc2ccc(O)cc2)CN2C(=O)CCN(C(=O)NCC3CCCCC3)C2CN1Cc1cccc2ccccc12. The minimum atomic E-state index is -0.527. The number of urea groups is 1. The Labute approximate surface area is 247 Å². The molecule has 4 amide bonds. The van der Waals surface area contributed by atoms with Gasteiger partial charge in [-0.1, -0.05) is 73.9 Å². The van der Waals surface area contributed by atoms with Crippen molar-refractivity contribution in [3.8, 4) is 5.75 Å². The molecule has 3 aromatic carbocycles. The molecule has 42 heavy (non-hydrogen) atoms. The number of carbonyl (C=O) groups excluding carboxylic acids is 3. The molecule has 0 radical (unpaired) electrons. The van der Waals surface area contributed by atoms with E-state index in [-0.39, 0.29) is 43.1 Å². The molecule has 2 atom stereocenters. The van der Waals surface area contributed by atoms with Crippen molar-refractivity contribution in [3.63, 3.8) is 0 Å². The molecule has 1 saturated carbocycles. The van der Waals surface area contributed by atoms with Crippen LogP contribution in [0.5, 0.6) is 5.75 Å². The Morgan fingerprint density at radius 1 is 0.905 bits per heavy atom. The third-order valence-corrected chi connectivity index (χ3v) is 9.26. The van der Waals surface area contributed by atoms with Gasteiger partial charge in [0.1, 0.15) is 11.9 Å². The molecular weight excluding hydrogens is 528 g/mol. The highest BCUT2D eigenvalue weighted by atomic mass is 16.3. The van der Waals surface area contributed by atoms with Gasteiger partial charge in [-0.25, -0.2) is 4.79 Å². The van der Waals surface area contributed by atoms with Crippen molar-refractivity contribution in [1.29, 1.82) is 0 Å². The van der Waals surface area contributed by atoms with Crippen LogP contribution in [0.4, 0.5) is 4.79 Å². The molecule has 0 bridgehead atoms. The highest BCUT2D eigenvalue weighted by Gasteiger charge is 2.44. The summed E-state index contributed by atoms with van der Waals surface area (Å²) < 4.78 is 0. The van der Waals surface area contributed by atoms with Crippen molar-refractivity contribution in [1.82, 2.24) is 20.0 Å². The number of phenolic OH excluding ortho intramolecular Hbond substituents is 1. The molecule has 8 nitrogen and oxygen atoms in total. The van der Waals surface area contributed by atoms with Gasteiger partial charge < -0.3 is 25.1 Å². The smallest absolute Gasteiger partial charge is 0.319 e. The molecule has 6 rings (SSSR count). The summed E-state index contributed by atoms with van der Waals surface area (Å²) >= 11 is 0. The molecule has 3 fully saturated rings. The van der Waals surface area contributed by atoms with Crippen LogP contribution in [0.15, 0.2) is 66.7 Å². The average molecular weight is 569 g/mol. The van der Waals surface area contributed by atoms with Gasteiger partial charge in [-0.05, 0) is 59.2 Å². The molecule has 0 aromatic heterocycles. The maximum Gasteiger partial charge on any atom is 0.319 e. The van der Waals surface area contributed by atoms with E-state index in [9.17, 15) is 19.5 Å². The van der Waals surface area contributed by atoms with E-state index in [4.69, 9.17) is 0 Å². The number of benzene rings is 3. The molecule has 8 heteroatoms. The maximum absolute atomic E-state index is 14.2. The predicted octanol–water partition coefficient (Wildman–Crippen LogP) is 4.90. The van der Waals surface area contributed by atoms with Crippen molar-refractivity contribution in [2.24, 2.45) is 11.8 Å². The van der Waals surface area contributed by atoms with Crippen LogP contribution in [0.1, 0.15) is 49.7 Å². The van der Waals surface area contributed by atoms with Gasteiger partial charge in [0.15, 0.2) is 0 Å². The second-order valence-corrected chi connectivity index (χ2v) is 12.1. The van der Waals surface area contributed by atoms with Crippen LogP contribution in [-0.2, 0) is 22.6 Å². The Morgan fingerprint density at radius 3 is 2.48 bits per heavy atom. The van der Waals surface area contributed by atoms with Crippen LogP contribution in [0.2, 0.25) is 0 Å². The number of aromatic hydroxyl groups is 1. The fourth-order valence-corrected chi connectivity index (χ4v) is 6.93. The number of phenols is 1. The van der Waals surface area contributed by atoms with Crippen LogP contribution in [0, 0.1) is 11.8 Å². The molecule has 2 heterocycles. The Kier molecular flexibility index (Phi) is 8.31. The number of carbonyl (C=O) groups is 3. The number of amides is 4. The van der Waals surface area contributed by atoms with Gasteiger partial charge in [0.25, 0.3) is 0 Å². The van der Waals surface area contributed by atoms with Gasteiger partial charge >= 0.3 is 6.03 Å². The molecule has 0 spiro atoms. The maximum atomic E-state index is 14.2. The monoisotopic (exact) mass is 568 g/mol. The van der Waals surface area contributed by atoms with Crippen molar-refractivity contribution in [3.05, 3.63) is 77.9 Å². The van der Waals surface area contributed by atoms with Crippen molar-refractivity contribution < 1.29 is 19.5 Å². The molecule has 3 aliphatic rings. The number of hydrogen-bond acceptors (Lipinski definition) is 4. The van der Waals surface area contributed by atoms with Crippen molar-refractivity contribution in [2.45, 2.75) is 57.7 Å². The van der Waals surface area contributed by atoms with E-state index in [0.717, 1.165) is 34.7 Å².